The Kier molecular flexibility index (Phi) is 6.42. The molecule has 0 spiro atoms. The van der Waals surface area contributed by atoms with Gasteiger partial charge < -0.3 is 5.32 Å². The molecule has 1 amide bonds. The predicted molar refractivity (Wildman–Crippen MR) is 97.3 cm³/mol. The van der Waals surface area contributed by atoms with Gasteiger partial charge in [-0.2, -0.15) is 0 Å². The topological polar surface area (TPSA) is 29.1 Å². The van der Waals surface area contributed by atoms with Crippen LogP contribution in [0.5, 0.6) is 0 Å². The Morgan fingerprint density at radius 2 is 1.74 bits per heavy atom. The molecule has 0 aliphatic heterocycles. The molecule has 0 heterocycles. The molecule has 0 fully saturated rings. The van der Waals surface area contributed by atoms with Gasteiger partial charge in [-0.15, -0.1) is 0 Å². The molecule has 0 aliphatic carbocycles. The van der Waals surface area contributed by atoms with Gasteiger partial charge in [-0.1, -0.05) is 74.0 Å². The highest BCUT2D eigenvalue weighted by Crippen LogP contribution is 2.21. The average Bonchev–Trinajstić information content (AvgIpc) is 2.54. The zero-order chi connectivity index (χ0) is 16.7. The van der Waals surface area contributed by atoms with Crippen LogP contribution in [0.3, 0.4) is 0 Å². The summed E-state index contributed by atoms with van der Waals surface area (Å²) in [6.45, 7) is 4.31. The lowest BCUT2D eigenvalue weighted by Gasteiger charge is -2.20. The normalized spacial score (nSPS) is 12.5. The van der Waals surface area contributed by atoms with E-state index < -0.39 is 0 Å². The molecule has 0 unspecified atom stereocenters. The first-order valence-electron chi connectivity index (χ1n) is 7.84. The number of amides is 1. The van der Waals surface area contributed by atoms with Crippen LogP contribution in [-0.2, 0) is 4.79 Å². The first-order valence-corrected chi connectivity index (χ1v) is 8.22. The van der Waals surface area contributed by atoms with Crippen LogP contribution in [0.1, 0.15) is 37.4 Å². The van der Waals surface area contributed by atoms with Crippen molar-refractivity contribution in [2.45, 2.75) is 26.3 Å². The summed E-state index contributed by atoms with van der Waals surface area (Å²) in [5, 5.41) is 3.72. The van der Waals surface area contributed by atoms with E-state index in [2.05, 4.69) is 19.2 Å². The van der Waals surface area contributed by atoms with Crippen LogP contribution < -0.4 is 5.32 Å². The van der Waals surface area contributed by atoms with E-state index in [9.17, 15) is 4.79 Å². The van der Waals surface area contributed by atoms with Crippen LogP contribution in [0.2, 0.25) is 5.02 Å². The van der Waals surface area contributed by atoms with Gasteiger partial charge in [0.15, 0.2) is 0 Å². The van der Waals surface area contributed by atoms with Gasteiger partial charge in [-0.25, -0.2) is 0 Å². The molecule has 0 saturated heterocycles. The van der Waals surface area contributed by atoms with E-state index in [1.54, 1.807) is 6.08 Å². The number of benzene rings is 2. The second-order valence-electron chi connectivity index (χ2n) is 5.96. The standard InChI is InChI=1S/C20H22ClNO/c1-15(2)14-19(17-9-4-3-5-10-17)22-20(23)13-12-16-8-6-7-11-18(16)21/h3-13,15,19H,14H2,1-2H3,(H,22,23)/b13-12+/t19-/m0/s1. The molecule has 3 heteroatoms. The molecule has 2 aromatic rings. The van der Waals surface area contributed by atoms with Gasteiger partial charge in [0.05, 0.1) is 6.04 Å². The zero-order valence-electron chi connectivity index (χ0n) is 13.5. The second-order valence-corrected chi connectivity index (χ2v) is 6.36. The van der Waals surface area contributed by atoms with E-state index in [1.165, 1.54) is 6.08 Å². The molecule has 23 heavy (non-hydrogen) atoms. The molecule has 0 radical (unpaired) electrons. The maximum absolute atomic E-state index is 12.3. The van der Waals surface area contributed by atoms with Crippen LogP contribution in [0.4, 0.5) is 0 Å². The van der Waals surface area contributed by atoms with Crippen molar-refractivity contribution in [2.24, 2.45) is 5.92 Å². The van der Waals surface area contributed by atoms with Gasteiger partial charge in [-0.3, -0.25) is 4.79 Å². The van der Waals surface area contributed by atoms with Gasteiger partial charge in [0.2, 0.25) is 5.91 Å². The van der Waals surface area contributed by atoms with Crippen molar-refractivity contribution in [3.63, 3.8) is 0 Å². The fourth-order valence-electron chi connectivity index (χ4n) is 2.43. The fraction of sp³-hybridized carbons (Fsp3) is 0.250. The summed E-state index contributed by atoms with van der Waals surface area (Å²) in [6.07, 6.45) is 4.18. The molecule has 2 aromatic carbocycles. The summed E-state index contributed by atoms with van der Waals surface area (Å²) >= 11 is 6.10. The summed E-state index contributed by atoms with van der Waals surface area (Å²) in [7, 11) is 0. The molecule has 0 saturated carbocycles. The van der Waals surface area contributed by atoms with Crippen molar-refractivity contribution in [3.8, 4) is 0 Å². The minimum Gasteiger partial charge on any atom is -0.346 e. The summed E-state index contributed by atoms with van der Waals surface area (Å²) in [5.74, 6) is 0.382. The van der Waals surface area contributed by atoms with E-state index in [0.29, 0.717) is 10.9 Å². The van der Waals surface area contributed by atoms with Crippen molar-refractivity contribution in [3.05, 3.63) is 76.8 Å². The summed E-state index contributed by atoms with van der Waals surface area (Å²) < 4.78 is 0. The number of nitrogens with one attached hydrogen (secondary N) is 1. The van der Waals surface area contributed by atoms with Gasteiger partial charge in [0, 0.05) is 11.1 Å². The van der Waals surface area contributed by atoms with Gasteiger partial charge in [0.1, 0.15) is 0 Å². The third kappa shape index (κ3) is 5.57. The Hall–Kier alpha value is -2.06. The number of halogens is 1. The van der Waals surface area contributed by atoms with Crippen LogP contribution in [0.15, 0.2) is 60.7 Å². The largest absolute Gasteiger partial charge is 0.346 e. The Morgan fingerprint density at radius 1 is 1.09 bits per heavy atom. The highest BCUT2D eigenvalue weighted by Gasteiger charge is 2.14. The Labute approximate surface area is 143 Å². The van der Waals surface area contributed by atoms with Crippen molar-refractivity contribution in [1.82, 2.24) is 5.32 Å². The average molecular weight is 328 g/mol. The zero-order valence-corrected chi connectivity index (χ0v) is 14.3. The maximum atomic E-state index is 12.3. The van der Waals surface area contributed by atoms with Crippen LogP contribution in [0.25, 0.3) is 6.08 Å². The fourth-order valence-corrected chi connectivity index (χ4v) is 2.63. The second kappa shape index (κ2) is 8.54. The molecular formula is C20H22ClNO. The first kappa shape index (κ1) is 17.3. The summed E-state index contributed by atoms with van der Waals surface area (Å²) in [5.41, 5.74) is 1.96. The van der Waals surface area contributed by atoms with Crippen LogP contribution >= 0.6 is 11.6 Å². The van der Waals surface area contributed by atoms with Crippen molar-refractivity contribution in [2.75, 3.05) is 0 Å². The number of rotatable bonds is 6. The third-order valence-electron chi connectivity index (χ3n) is 3.55. The van der Waals surface area contributed by atoms with Crippen LogP contribution in [-0.4, -0.2) is 5.91 Å². The Balaban J connectivity index is 2.07. The SMILES string of the molecule is CC(C)C[C@H](NC(=O)/C=C/c1ccccc1Cl)c1ccccc1. The molecule has 0 bridgehead atoms. The lowest BCUT2D eigenvalue weighted by molar-refractivity contribution is -0.117. The maximum Gasteiger partial charge on any atom is 0.244 e. The van der Waals surface area contributed by atoms with Gasteiger partial charge in [0.25, 0.3) is 0 Å². The smallest absolute Gasteiger partial charge is 0.244 e. The first-order chi connectivity index (χ1) is 11.1. The van der Waals surface area contributed by atoms with E-state index in [-0.39, 0.29) is 11.9 Å². The van der Waals surface area contributed by atoms with E-state index in [4.69, 9.17) is 11.6 Å². The highest BCUT2D eigenvalue weighted by atomic mass is 35.5. The number of hydrogen-bond donors (Lipinski definition) is 1. The molecular weight excluding hydrogens is 306 g/mol. The third-order valence-corrected chi connectivity index (χ3v) is 3.89. The van der Waals surface area contributed by atoms with E-state index in [1.807, 2.05) is 54.6 Å². The minimum absolute atomic E-state index is 0.0135. The lowest BCUT2D eigenvalue weighted by Crippen LogP contribution is -2.27. The Morgan fingerprint density at radius 3 is 2.39 bits per heavy atom. The van der Waals surface area contributed by atoms with E-state index in [0.717, 1.165) is 17.5 Å². The quantitative estimate of drug-likeness (QED) is 0.721. The monoisotopic (exact) mass is 327 g/mol. The molecule has 1 atom stereocenters. The molecule has 2 nitrogen and oxygen atoms in total. The van der Waals surface area contributed by atoms with Crippen LogP contribution in [0, 0.1) is 5.92 Å². The summed E-state index contributed by atoms with van der Waals surface area (Å²) in [6, 6.07) is 17.5. The summed E-state index contributed by atoms with van der Waals surface area (Å²) in [4.78, 5) is 12.3. The van der Waals surface area contributed by atoms with Gasteiger partial charge in [-0.05, 0) is 35.6 Å². The van der Waals surface area contributed by atoms with Crippen molar-refractivity contribution in [1.29, 1.82) is 0 Å². The predicted octanol–water partition coefficient (Wildman–Crippen LogP) is 5.26. The molecule has 1 N–H and O–H groups in total. The van der Waals surface area contributed by atoms with E-state index >= 15 is 0 Å². The molecule has 2 rings (SSSR count). The highest BCUT2D eigenvalue weighted by molar-refractivity contribution is 6.32. The Bertz CT molecular complexity index is 664. The lowest BCUT2D eigenvalue weighted by atomic mass is 9.97. The molecule has 0 aliphatic rings. The molecule has 120 valence electrons. The van der Waals surface area contributed by atoms with Gasteiger partial charge >= 0.3 is 0 Å². The number of carbonyl (C=O) groups is 1. The van der Waals surface area contributed by atoms with Crippen molar-refractivity contribution < 1.29 is 4.79 Å². The number of carbonyl (C=O) groups excluding carboxylic acids is 1. The minimum atomic E-state index is -0.112. The van der Waals surface area contributed by atoms with Crippen molar-refractivity contribution >= 4 is 23.6 Å². The molecule has 0 aromatic heterocycles. The number of hydrogen-bond acceptors (Lipinski definition) is 1.